The molecule has 0 saturated carbocycles. The number of amides is 1. The van der Waals surface area contributed by atoms with Crippen molar-refractivity contribution in [2.75, 3.05) is 13.1 Å². The van der Waals surface area contributed by atoms with Gasteiger partial charge in [-0.2, -0.15) is 0 Å². The topological polar surface area (TPSA) is 79.6 Å². The van der Waals surface area contributed by atoms with E-state index in [9.17, 15) is 17.6 Å². The van der Waals surface area contributed by atoms with Crippen LogP contribution in [0.3, 0.4) is 0 Å². The van der Waals surface area contributed by atoms with E-state index in [1.807, 2.05) is 12.3 Å². The molecule has 1 aliphatic heterocycles. The van der Waals surface area contributed by atoms with E-state index in [2.05, 4.69) is 4.57 Å². The molecule has 0 bridgehead atoms. The third-order valence-electron chi connectivity index (χ3n) is 5.24. The average molecular weight is 402 g/mol. The van der Waals surface area contributed by atoms with Gasteiger partial charge >= 0.3 is 6.09 Å². The molecular formula is C20H19FN2O4S. The minimum absolute atomic E-state index is 0.0766. The first-order chi connectivity index (χ1) is 13.4. The quantitative estimate of drug-likeness (QED) is 0.720. The predicted molar refractivity (Wildman–Crippen MR) is 102 cm³/mol. The summed E-state index contributed by atoms with van der Waals surface area (Å²) in [4.78, 5) is 12.5. The fraction of sp³-hybridized carbons (Fsp3) is 0.250. The molecule has 3 aromatic rings. The van der Waals surface area contributed by atoms with Crippen molar-refractivity contribution in [1.82, 2.24) is 9.47 Å². The summed E-state index contributed by atoms with van der Waals surface area (Å²) in [6.07, 6.45) is 2.42. The highest BCUT2D eigenvalue weighted by atomic mass is 32.2. The Hall–Kier alpha value is -2.87. The van der Waals surface area contributed by atoms with Gasteiger partial charge in [0.25, 0.3) is 0 Å². The lowest BCUT2D eigenvalue weighted by Crippen LogP contribution is -2.37. The van der Waals surface area contributed by atoms with E-state index in [-0.39, 0.29) is 15.8 Å². The number of carboxylic acid groups (broad SMARTS) is 1. The Morgan fingerprint density at radius 3 is 2.43 bits per heavy atom. The molecule has 0 unspecified atom stereocenters. The first-order valence-electron chi connectivity index (χ1n) is 8.95. The summed E-state index contributed by atoms with van der Waals surface area (Å²) >= 11 is 0. The molecule has 1 aliphatic rings. The number of carbonyl (C=O) groups is 1. The number of aromatic nitrogens is 1. The Kier molecular flexibility index (Phi) is 4.58. The maximum atomic E-state index is 13.4. The molecule has 1 saturated heterocycles. The number of fused-ring (bicyclic) bond motifs is 1. The van der Waals surface area contributed by atoms with E-state index in [4.69, 9.17) is 5.11 Å². The van der Waals surface area contributed by atoms with Gasteiger partial charge in [-0.1, -0.05) is 6.07 Å². The second-order valence-corrected chi connectivity index (χ2v) is 8.85. The monoisotopic (exact) mass is 402 g/mol. The first kappa shape index (κ1) is 18.5. The van der Waals surface area contributed by atoms with Crippen molar-refractivity contribution >= 4 is 26.8 Å². The SMILES string of the molecule is O=C(O)N1CCC(n2ccc3cc(S(=O)(=O)c4cccc(F)c4)ccc32)CC1. The van der Waals surface area contributed by atoms with E-state index in [0.717, 1.165) is 17.0 Å². The van der Waals surface area contributed by atoms with Crippen molar-refractivity contribution in [3.05, 3.63) is 60.5 Å². The van der Waals surface area contributed by atoms with Gasteiger partial charge in [-0.05, 0) is 55.3 Å². The van der Waals surface area contributed by atoms with Crippen LogP contribution in [0.5, 0.6) is 0 Å². The highest BCUT2D eigenvalue weighted by Crippen LogP contribution is 2.30. The fourth-order valence-electron chi connectivity index (χ4n) is 3.73. The second kappa shape index (κ2) is 6.94. The van der Waals surface area contributed by atoms with Crippen LogP contribution in [-0.2, 0) is 9.84 Å². The molecule has 28 heavy (non-hydrogen) atoms. The van der Waals surface area contributed by atoms with Crippen molar-refractivity contribution in [3.8, 4) is 0 Å². The lowest BCUT2D eigenvalue weighted by atomic mass is 10.1. The summed E-state index contributed by atoms with van der Waals surface area (Å²) in [6, 6.07) is 11.9. The number of halogens is 1. The van der Waals surface area contributed by atoms with E-state index < -0.39 is 21.7 Å². The molecule has 2 heterocycles. The van der Waals surface area contributed by atoms with Crippen molar-refractivity contribution in [1.29, 1.82) is 0 Å². The second-order valence-electron chi connectivity index (χ2n) is 6.91. The summed E-state index contributed by atoms with van der Waals surface area (Å²) in [5.41, 5.74) is 0.895. The molecule has 2 aromatic carbocycles. The van der Waals surface area contributed by atoms with Gasteiger partial charge in [-0.25, -0.2) is 17.6 Å². The van der Waals surface area contributed by atoms with Gasteiger partial charge in [-0.15, -0.1) is 0 Å². The minimum Gasteiger partial charge on any atom is -0.465 e. The number of hydrogen-bond acceptors (Lipinski definition) is 3. The molecule has 146 valence electrons. The van der Waals surface area contributed by atoms with Crippen molar-refractivity contribution in [2.45, 2.75) is 28.7 Å². The smallest absolute Gasteiger partial charge is 0.407 e. The van der Waals surface area contributed by atoms with Gasteiger partial charge in [-0.3, -0.25) is 0 Å². The zero-order valence-corrected chi connectivity index (χ0v) is 15.8. The standard InChI is InChI=1S/C20H19FN2O4S/c21-15-2-1-3-17(13-15)28(26,27)18-4-5-19-14(12-18)6-11-23(19)16-7-9-22(10-8-16)20(24)25/h1-6,11-13,16H,7-10H2,(H,24,25). The molecule has 0 spiro atoms. The number of piperidine rings is 1. The Morgan fingerprint density at radius 2 is 1.75 bits per heavy atom. The van der Waals surface area contributed by atoms with Gasteiger partial charge in [0.15, 0.2) is 0 Å². The van der Waals surface area contributed by atoms with E-state index in [1.54, 1.807) is 12.1 Å². The van der Waals surface area contributed by atoms with Crippen LogP contribution in [0.25, 0.3) is 10.9 Å². The number of nitrogens with zero attached hydrogens (tertiary/aromatic N) is 2. The zero-order chi connectivity index (χ0) is 19.9. The highest BCUT2D eigenvalue weighted by Gasteiger charge is 2.25. The number of sulfone groups is 1. The predicted octanol–water partition coefficient (Wildman–Crippen LogP) is 3.93. The van der Waals surface area contributed by atoms with Crippen LogP contribution in [-0.4, -0.2) is 42.2 Å². The maximum Gasteiger partial charge on any atom is 0.407 e. The van der Waals surface area contributed by atoms with E-state index in [0.29, 0.717) is 25.9 Å². The summed E-state index contributed by atoms with van der Waals surface area (Å²) in [6.45, 7) is 0.956. The normalized spacial score (nSPS) is 15.8. The Labute approximate surface area is 161 Å². The molecule has 0 radical (unpaired) electrons. The van der Waals surface area contributed by atoms with Crippen molar-refractivity contribution < 1.29 is 22.7 Å². The Bertz CT molecular complexity index is 1150. The van der Waals surface area contributed by atoms with E-state index >= 15 is 0 Å². The Morgan fingerprint density at radius 1 is 1.04 bits per heavy atom. The molecule has 1 amide bonds. The lowest BCUT2D eigenvalue weighted by molar-refractivity contribution is 0.126. The van der Waals surface area contributed by atoms with Crippen LogP contribution in [0.15, 0.2) is 64.5 Å². The van der Waals surface area contributed by atoms with Crippen LogP contribution < -0.4 is 0 Å². The summed E-state index contributed by atoms with van der Waals surface area (Å²) < 4.78 is 41.1. The van der Waals surface area contributed by atoms with Gasteiger partial charge in [0, 0.05) is 36.2 Å². The highest BCUT2D eigenvalue weighted by molar-refractivity contribution is 7.91. The van der Waals surface area contributed by atoms with E-state index in [1.165, 1.54) is 29.2 Å². The lowest BCUT2D eigenvalue weighted by Gasteiger charge is -2.31. The van der Waals surface area contributed by atoms with Gasteiger partial charge in [0.1, 0.15) is 5.82 Å². The summed E-state index contributed by atoms with van der Waals surface area (Å²) in [7, 11) is -3.81. The molecule has 0 atom stereocenters. The molecule has 8 heteroatoms. The fourth-order valence-corrected chi connectivity index (χ4v) is 5.06. The summed E-state index contributed by atoms with van der Waals surface area (Å²) in [5, 5.41) is 9.86. The van der Waals surface area contributed by atoms with Gasteiger partial charge in [0.05, 0.1) is 9.79 Å². The molecule has 1 aromatic heterocycles. The number of rotatable bonds is 3. The average Bonchev–Trinajstić information content (AvgIpc) is 3.11. The minimum atomic E-state index is -3.81. The van der Waals surface area contributed by atoms with Crippen LogP contribution >= 0.6 is 0 Å². The first-order valence-corrected chi connectivity index (χ1v) is 10.4. The molecular weight excluding hydrogens is 383 g/mol. The number of benzene rings is 2. The summed E-state index contributed by atoms with van der Waals surface area (Å²) in [5.74, 6) is -0.596. The Balaban J connectivity index is 1.64. The largest absolute Gasteiger partial charge is 0.465 e. The molecule has 1 N–H and O–H groups in total. The molecule has 0 aliphatic carbocycles. The molecule has 1 fully saturated rings. The van der Waals surface area contributed by atoms with Gasteiger partial charge in [0.2, 0.25) is 9.84 Å². The van der Waals surface area contributed by atoms with Crippen LogP contribution in [0, 0.1) is 5.82 Å². The van der Waals surface area contributed by atoms with Crippen molar-refractivity contribution in [2.24, 2.45) is 0 Å². The van der Waals surface area contributed by atoms with Gasteiger partial charge < -0.3 is 14.6 Å². The number of hydrogen-bond donors (Lipinski definition) is 1. The molecule has 4 rings (SSSR count). The third kappa shape index (κ3) is 3.24. The van der Waals surface area contributed by atoms with Crippen LogP contribution in [0.2, 0.25) is 0 Å². The van der Waals surface area contributed by atoms with Crippen molar-refractivity contribution in [3.63, 3.8) is 0 Å². The zero-order valence-electron chi connectivity index (χ0n) is 15.0. The van der Waals surface area contributed by atoms with Crippen LogP contribution in [0.4, 0.5) is 9.18 Å². The van der Waals surface area contributed by atoms with Crippen LogP contribution in [0.1, 0.15) is 18.9 Å². The number of likely N-dealkylation sites (tertiary alicyclic amines) is 1. The third-order valence-corrected chi connectivity index (χ3v) is 6.99. The molecule has 6 nitrogen and oxygen atoms in total. The maximum absolute atomic E-state index is 13.4.